The third-order valence-electron chi connectivity index (χ3n) is 2.35. The van der Waals surface area contributed by atoms with Gasteiger partial charge in [-0.05, 0) is 26.8 Å². The fourth-order valence-electron chi connectivity index (χ4n) is 1.30. The summed E-state index contributed by atoms with van der Waals surface area (Å²) in [7, 11) is 1.85. The van der Waals surface area contributed by atoms with Crippen molar-refractivity contribution in [3.63, 3.8) is 0 Å². The van der Waals surface area contributed by atoms with Gasteiger partial charge in [0.2, 0.25) is 0 Å². The average Bonchev–Trinajstić information content (AvgIpc) is 2.08. The lowest BCUT2D eigenvalue weighted by atomic mass is 10.0. The number of rotatable bonds is 2. The van der Waals surface area contributed by atoms with E-state index < -0.39 is 6.04 Å². The molecule has 1 fully saturated rings. The number of hydrogen-bond donors (Lipinski definition) is 2. The van der Waals surface area contributed by atoms with E-state index in [1.54, 1.807) is 0 Å². The topological polar surface area (TPSA) is 64.3 Å². The number of carbonyl (C=O) groups is 1. The van der Waals surface area contributed by atoms with Crippen LogP contribution in [-0.2, 0) is 9.53 Å². The standard InChI is InChI=1S/C8H16N2O2/c1-5(10-2)7-4-3-6(9)8(11)12-7/h5-7,10H,3-4,9H2,1-2H3. The first-order valence-electron chi connectivity index (χ1n) is 4.28. The highest BCUT2D eigenvalue weighted by atomic mass is 16.5. The summed E-state index contributed by atoms with van der Waals surface area (Å²) >= 11 is 0. The van der Waals surface area contributed by atoms with Crippen molar-refractivity contribution in [2.45, 2.75) is 38.0 Å². The minimum Gasteiger partial charge on any atom is -0.460 e. The number of likely N-dealkylation sites (N-methyl/N-ethyl adjacent to an activating group) is 1. The molecule has 1 heterocycles. The van der Waals surface area contributed by atoms with Crippen LogP contribution in [0.2, 0.25) is 0 Å². The Morgan fingerprint density at radius 3 is 2.83 bits per heavy atom. The number of nitrogens with one attached hydrogen (secondary N) is 1. The van der Waals surface area contributed by atoms with E-state index in [2.05, 4.69) is 5.32 Å². The number of ether oxygens (including phenoxy) is 1. The quantitative estimate of drug-likeness (QED) is 0.558. The van der Waals surface area contributed by atoms with Gasteiger partial charge in [-0.2, -0.15) is 0 Å². The zero-order chi connectivity index (χ0) is 9.14. The highest BCUT2D eigenvalue weighted by Gasteiger charge is 2.29. The van der Waals surface area contributed by atoms with E-state index in [1.165, 1.54) is 0 Å². The Bertz CT molecular complexity index is 172. The molecule has 1 aliphatic heterocycles. The minimum atomic E-state index is -0.412. The zero-order valence-electron chi connectivity index (χ0n) is 7.54. The molecule has 0 aromatic heterocycles. The Kier molecular flexibility index (Phi) is 3.05. The van der Waals surface area contributed by atoms with Crippen molar-refractivity contribution in [2.24, 2.45) is 5.73 Å². The van der Waals surface area contributed by atoms with Gasteiger partial charge in [0.05, 0.1) is 0 Å². The van der Waals surface area contributed by atoms with E-state index >= 15 is 0 Å². The van der Waals surface area contributed by atoms with Crippen molar-refractivity contribution in [3.05, 3.63) is 0 Å². The van der Waals surface area contributed by atoms with E-state index in [-0.39, 0.29) is 18.1 Å². The summed E-state index contributed by atoms with van der Waals surface area (Å²) in [4.78, 5) is 11.0. The fourth-order valence-corrected chi connectivity index (χ4v) is 1.30. The second-order valence-electron chi connectivity index (χ2n) is 3.24. The number of carbonyl (C=O) groups excluding carboxylic acids is 1. The first kappa shape index (κ1) is 9.48. The van der Waals surface area contributed by atoms with E-state index in [0.717, 1.165) is 12.8 Å². The summed E-state index contributed by atoms with van der Waals surface area (Å²) in [6.07, 6.45) is 1.58. The minimum absolute atomic E-state index is 0.0118. The lowest BCUT2D eigenvalue weighted by molar-refractivity contribution is -0.157. The highest BCUT2D eigenvalue weighted by molar-refractivity contribution is 5.76. The van der Waals surface area contributed by atoms with Crippen molar-refractivity contribution in [2.75, 3.05) is 7.05 Å². The SMILES string of the molecule is CNC(C)C1CCC(N)C(=O)O1. The monoisotopic (exact) mass is 172 g/mol. The van der Waals surface area contributed by atoms with Crippen LogP contribution in [0.5, 0.6) is 0 Å². The summed E-state index contributed by atoms with van der Waals surface area (Å²) in [5.41, 5.74) is 5.49. The van der Waals surface area contributed by atoms with Gasteiger partial charge in [-0.1, -0.05) is 0 Å². The third kappa shape index (κ3) is 1.95. The molecule has 0 radical (unpaired) electrons. The van der Waals surface area contributed by atoms with Gasteiger partial charge < -0.3 is 15.8 Å². The van der Waals surface area contributed by atoms with Crippen molar-refractivity contribution in [1.82, 2.24) is 5.32 Å². The molecule has 4 heteroatoms. The van der Waals surface area contributed by atoms with Crippen LogP contribution < -0.4 is 11.1 Å². The lowest BCUT2D eigenvalue weighted by Gasteiger charge is -2.29. The lowest BCUT2D eigenvalue weighted by Crippen LogP contribution is -2.47. The molecular formula is C8H16N2O2. The summed E-state index contributed by atoms with van der Waals surface area (Å²) in [5, 5.41) is 3.05. The molecule has 0 spiro atoms. The first-order valence-corrected chi connectivity index (χ1v) is 4.28. The van der Waals surface area contributed by atoms with Crippen LogP contribution in [0, 0.1) is 0 Å². The predicted molar refractivity (Wildman–Crippen MR) is 45.6 cm³/mol. The molecule has 0 aromatic carbocycles. The van der Waals surface area contributed by atoms with Crippen molar-refractivity contribution in [3.8, 4) is 0 Å². The number of nitrogens with two attached hydrogens (primary N) is 1. The molecule has 0 aliphatic carbocycles. The maximum atomic E-state index is 11.0. The Hall–Kier alpha value is -0.610. The molecule has 12 heavy (non-hydrogen) atoms. The number of cyclic esters (lactones) is 1. The zero-order valence-corrected chi connectivity index (χ0v) is 7.54. The van der Waals surface area contributed by atoms with Gasteiger partial charge in [0.25, 0.3) is 0 Å². The molecule has 1 rings (SSSR count). The Balaban J connectivity index is 2.45. The molecule has 1 aliphatic rings. The fraction of sp³-hybridized carbons (Fsp3) is 0.875. The third-order valence-corrected chi connectivity index (χ3v) is 2.35. The second-order valence-corrected chi connectivity index (χ2v) is 3.24. The average molecular weight is 172 g/mol. The molecular weight excluding hydrogens is 156 g/mol. The van der Waals surface area contributed by atoms with Crippen molar-refractivity contribution >= 4 is 5.97 Å². The number of hydrogen-bond acceptors (Lipinski definition) is 4. The molecule has 1 saturated heterocycles. The van der Waals surface area contributed by atoms with Crippen LogP contribution in [0.1, 0.15) is 19.8 Å². The Morgan fingerprint density at radius 2 is 2.33 bits per heavy atom. The maximum absolute atomic E-state index is 11.0. The van der Waals surface area contributed by atoms with Crippen LogP contribution in [0.25, 0.3) is 0 Å². The van der Waals surface area contributed by atoms with Gasteiger partial charge in [0.1, 0.15) is 12.1 Å². The van der Waals surface area contributed by atoms with Crippen LogP contribution in [0.4, 0.5) is 0 Å². The highest BCUT2D eigenvalue weighted by Crippen LogP contribution is 2.15. The van der Waals surface area contributed by atoms with Crippen molar-refractivity contribution < 1.29 is 9.53 Å². The summed E-state index contributed by atoms with van der Waals surface area (Å²) in [6.45, 7) is 1.99. The molecule has 0 bridgehead atoms. The van der Waals surface area contributed by atoms with Crippen molar-refractivity contribution in [1.29, 1.82) is 0 Å². The molecule has 0 amide bonds. The van der Waals surface area contributed by atoms with Crippen LogP contribution >= 0.6 is 0 Å². The van der Waals surface area contributed by atoms with Crippen LogP contribution in [-0.4, -0.2) is 31.2 Å². The largest absolute Gasteiger partial charge is 0.460 e. The second kappa shape index (κ2) is 3.87. The molecule has 4 nitrogen and oxygen atoms in total. The summed E-state index contributed by atoms with van der Waals surface area (Å²) in [6, 6.07) is -0.202. The Morgan fingerprint density at radius 1 is 1.67 bits per heavy atom. The molecule has 3 atom stereocenters. The number of esters is 1. The van der Waals surface area contributed by atoms with E-state index in [9.17, 15) is 4.79 Å². The van der Waals surface area contributed by atoms with Gasteiger partial charge in [-0.25, -0.2) is 0 Å². The molecule has 70 valence electrons. The molecule has 3 unspecified atom stereocenters. The van der Waals surface area contributed by atoms with Crippen LogP contribution in [0.15, 0.2) is 0 Å². The normalized spacial score (nSPS) is 32.8. The Labute approximate surface area is 72.5 Å². The molecule has 0 aromatic rings. The first-order chi connectivity index (χ1) is 5.65. The van der Waals surface area contributed by atoms with E-state index in [4.69, 9.17) is 10.5 Å². The summed E-state index contributed by atoms with van der Waals surface area (Å²) < 4.78 is 5.12. The summed E-state index contributed by atoms with van der Waals surface area (Å²) in [5.74, 6) is -0.270. The smallest absolute Gasteiger partial charge is 0.323 e. The van der Waals surface area contributed by atoms with E-state index in [0.29, 0.717) is 0 Å². The molecule has 3 N–H and O–H groups in total. The predicted octanol–water partition coefficient (Wildman–Crippen LogP) is -0.373. The molecule has 0 saturated carbocycles. The van der Waals surface area contributed by atoms with Gasteiger partial charge in [-0.3, -0.25) is 4.79 Å². The van der Waals surface area contributed by atoms with Gasteiger partial charge >= 0.3 is 5.97 Å². The van der Waals surface area contributed by atoms with Gasteiger partial charge in [-0.15, -0.1) is 0 Å². The maximum Gasteiger partial charge on any atom is 0.323 e. The van der Waals surface area contributed by atoms with Gasteiger partial charge in [0.15, 0.2) is 0 Å². The van der Waals surface area contributed by atoms with E-state index in [1.807, 2.05) is 14.0 Å². The van der Waals surface area contributed by atoms with Gasteiger partial charge in [0, 0.05) is 6.04 Å². The van der Waals surface area contributed by atoms with Crippen LogP contribution in [0.3, 0.4) is 0 Å².